The van der Waals surface area contributed by atoms with Gasteiger partial charge in [0.25, 0.3) is 10.2 Å². The molecule has 7 nitrogen and oxygen atoms in total. The first kappa shape index (κ1) is 17.3. The van der Waals surface area contributed by atoms with Gasteiger partial charge in [0, 0.05) is 30.7 Å². The molecule has 1 aromatic carbocycles. The van der Waals surface area contributed by atoms with Gasteiger partial charge in [-0.05, 0) is 35.7 Å². The second kappa shape index (κ2) is 6.40. The number of fused-ring (bicyclic) bond motifs is 1. The fourth-order valence-electron chi connectivity index (χ4n) is 2.68. The van der Waals surface area contributed by atoms with Gasteiger partial charge in [0.2, 0.25) is 5.56 Å². The maximum atomic E-state index is 11.5. The minimum atomic E-state index is -3.75. The predicted octanol–water partition coefficient (Wildman–Crippen LogP) is 1.79. The quantitative estimate of drug-likeness (QED) is 0.741. The Labute approximate surface area is 145 Å². The molecule has 0 saturated heterocycles. The Balaban J connectivity index is 2.00. The molecule has 25 heavy (non-hydrogen) atoms. The lowest BCUT2D eigenvalue weighted by Gasteiger charge is -2.22. The monoisotopic (exact) mass is 358 g/mol. The van der Waals surface area contributed by atoms with Crippen LogP contribution in [-0.4, -0.2) is 29.7 Å². The SMILES string of the molecule is C[C@@H](c1ccc(-c2ccnc3[nH]c(=O)ccc23)cc1)N(C)S(N)(=O)=O. The molecule has 0 fully saturated rings. The molecule has 0 amide bonds. The third kappa shape index (κ3) is 3.46. The van der Waals surface area contributed by atoms with E-state index < -0.39 is 10.2 Å². The average Bonchev–Trinajstić information content (AvgIpc) is 2.59. The van der Waals surface area contributed by atoms with Crippen LogP contribution in [0.3, 0.4) is 0 Å². The van der Waals surface area contributed by atoms with Gasteiger partial charge in [-0.25, -0.2) is 10.1 Å². The van der Waals surface area contributed by atoms with Crippen LogP contribution in [0.2, 0.25) is 0 Å². The fourth-order valence-corrected chi connectivity index (χ4v) is 3.24. The summed E-state index contributed by atoms with van der Waals surface area (Å²) < 4.78 is 24.1. The summed E-state index contributed by atoms with van der Waals surface area (Å²) in [5.74, 6) is 0. The van der Waals surface area contributed by atoms with Crippen molar-refractivity contribution >= 4 is 21.2 Å². The molecule has 3 N–H and O–H groups in total. The molecular formula is C17H18N4O3S. The standard InChI is InChI=1S/C17H18N4O3S/c1-11(21(2)25(18,23)24)12-3-5-13(6-4-12)14-9-10-19-17-15(14)7-8-16(22)20-17/h3-11H,1-2H3,(H2,18,23,24)(H,19,20,22)/t11-/m0/s1. The molecule has 2 aromatic heterocycles. The first-order valence-electron chi connectivity index (χ1n) is 7.61. The summed E-state index contributed by atoms with van der Waals surface area (Å²) in [6.45, 7) is 1.77. The number of nitrogens with one attached hydrogen (secondary N) is 1. The van der Waals surface area contributed by atoms with Crippen molar-refractivity contribution in [2.24, 2.45) is 5.14 Å². The minimum absolute atomic E-state index is 0.202. The van der Waals surface area contributed by atoms with Crippen LogP contribution in [0.25, 0.3) is 22.2 Å². The van der Waals surface area contributed by atoms with Crippen molar-refractivity contribution in [1.82, 2.24) is 14.3 Å². The molecule has 2 heterocycles. The number of nitrogens with zero attached hydrogens (tertiary/aromatic N) is 2. The average molecular weight is 358 g/mol. The summed E-state index contributed by atoms with van der Waals surface area (Å²) in [4.78, 5) is 18.3. The molecule has 0 aliphatic carbocycles. The van der Waals surface area contributed by atoms with Crippen LogP contribution in [0.5, 0.6) is 0 Å². The second-order valence-electron chi connectivity index (χ2n) is 5.80. The van der Waals surface area contributed by atoms with Crippen molar-refractivity contribution in [2.45, 2.75) is 13.0 Å². The normalized spacial score (nSPS) is 13.3. The zero-order valence-electron chi connectivity index (χ0n) is 13.8. The predicted molar refractivity (Wildman–Crippen MR) is 97.1 cm³/mol. The Morgan fingerprint density at radius 1 is 1.12 bits per heavy atom. The van der Waals surface area contributed by atoms with Gasteiger partial charge in [0.15, 0.2) is 0 Å². The van der Waals surface area contributed by atoms with Gasteiger partial charge in [0.1, 0.15) is 5.65 Å². The van der Waals surface area contributed by atoms with E-state index in [-0.39, 0.29) is 11.6 Å². The van der Waals surface area contributed by atoms with E-state index in [1.807, 2.05) is 30.3 Å². The Hall–Kier alpha value is -2.55. The van der Waals surface area contributed by atoms with Crippen LogP contribution in [-0.2, 0) is 10.2 Å². The van der Waals surface area contributed by atoms with E-state index in [0.29, 0.717) is 5.65 Å². The van der Waals surface area contributed by atoms with Gasteiger partial charge in [-0.15, -0.1) is 0 Å². The van der Waals surface area contributed by atoms with Crippen molar-refractivity contribution in [3.05, 3.63) is 64.6 Å². The van der Waals surface area contributed by atoms with Gasteiger partial charge >= 0.3 is 0 Å². The first-order valence-corrected chi connectivity index (χ1v) is 9.12. The largest absolute Gasteiger partial charge is 0.307 e. The van der Waals surface area contributed by atoms with Gasteiger partial charge in [0.05, 0.1) is 0 Å². The summed E-state index contributed by atoms with van der Waals surface area (Å²) in [6, 6.07) is 12.2. The summed E-state index contributed by atoms with van der Waals surface area (Å²) >= 11 is 0. The molecule has 0 aliphatic rings. The molecule has 130 valence electrons. The Bertz CT molecular complexity index is 1070. The van der Waals surface area contributed by atoms with Gasteiger partial charge in [-0.3, -0.25) is 4.79 Å². The van der Waals surface area contributed by atoms with Crippen molar-refractivity contribution < 1.29 is 8.42 Å². The summed E-state index contributed by atoms with van der Waals surface area (Å²) in [5.41, 5.74) is 3.02. The number of benzene rings is 1. The van der Waals surface area contributed by atoms with Gasteiger partial charge in [-0.1, -0.05) is 24.3 Å². The van der Waals surface area contributed by atoms with E-state index in [1.165, 1.54) is 13.1 Å². The third-order valence-electron chi connectivity index (χ3n) is 4.28. The molecule has 3 rings (SSSR count). The summed E-state index contributed by atoms with van der Waals surface area (Å²) in [5, 5.41) is 6.01. The highest BCUT2D eigenvalue weighted by molar-refractivity contribution is 7.86. The Kier molecular flexibility index (Phi) is 4.42. The molecule has 1 atom stereocenters. The number of rotatable bonds is 4. The van der Waals surface area contributed by atoms with Crippen LogP contribution in [0, 0.1) is 0 Å². The number of nitrogens with two attached hydrogens (primary N) is 1. The van der Waals surface area contributed by atoms with E-state index in [2.05, 4.69) is 9.97 Å². The van der Waals surface area contributed by atoms with E-state index in [1.54, 1.807) is 19.2 Å². The number of hydrogen-bond donors (Lipinski definition) is 2. The number of H-pyrrole nitrogens is 1. The summed E-state index contributed by atoms with van der Waals surface area (Å²) in [6.07, 6.45) is 1.64. The zero-order chi connectivity index (χ0) is 18.2. The van der Waals surface area contributed by atoms with Crippen LogP contribution in [0.4, 0.5) is 0 Å². The second-order valence-corrected chi connectivity index (χ2v) is 7.41. The maximum absolute atomic E-state index is 11.5. The maximum Gasteiger partial charge on any atom is 0.277 e. The number of aromatic nitrogens is 2. The lowest BCUT2D eigenvalue weighted by molar-refractivity contribution is 0.399. The van der Waals surface area contributed by atoms with Crippen LogP contribution < -0.4 is 10.7 Å². The zero-order valence-corrected chi connectivity index (χ0v) is 14.6. The van der Waals surface area contributed by atoms with Crippen molar-refractivity contribution in [3.63, 3.8) is 0 Å². The Morgan fingerprint density at radius 2 is 1.80 bits per heavy atom. The van der Waals surface area contributed by atoms with Crippen LogP contribution in [0.1, 0.15) is 18.5 Å². The van der Waals surface area contributed by atoms with E-state index in [9.17, 15) is 13.2 Å². The number of aromatic amines is 1. The van der Waals surface area contributed by atoms with Crippen LogP contribution in [0.15, 0.2) is 53.5 Å². The van der Waals surface area contributed by atoms with Crippen molar-refractivity contribution in [3.8, 4) is 11.1 Å². The van der Waals surface area contributed by atoms with Gasteiger partial charge < -0.3 is 4.98 Å². The molecule has 0 aliphatic heterocycles. The highest BCUT2D eigenvalue weighted by Crippen LogP contribution is 2.28. The molecule has 0 spiro atoms. The van der Waals surface area contributed by atoms with E-state index in [4.69, 9.17) is 5.14 Å². The molecule has 8 heteroatoms. The number of pyridine rings is 2. The van der Waals surface area contributed by atoms with Crippen molar-refractivity contribution in [1.29, 1.82) is 0 Å². The lowest BCUT2D eigenvalue weighted by Crippen LogP contribution is -2.35. The van der Waals surface area contributed by atoms with E-state index >= 15 is 0 Å². The summed E-state index contributed by atoms with van der Waals surface area (Å²) in [7, 11) is -2.31. The highest BCUT2D eigenvalue weighted by Gasteiger charge is 2.20. The van der Waals surface area contributed by atoms with Crippen LogP contribution >= 0.6 is 0 Å². The molecule has 0 saturated carbocycles. The fraction of sp³-hybridized carbons (Fsp3) is 0.176. The smallest absolute Gasteiger partial charge is 0.277 e. The molecule has 0 bridgehead atoms. The minimum Gasteiger partial charge on any atom is -0.307 e. The van der Waals surface area contributed by atoms with Crippen molar-refractivity contribution in [2.75, 3.05) is 7.05 Å². The molecule has 3 aromatic rings. The highest BCUT2D eigenvalue weighted by atomic mass is 32.2. The molecule has 0 radical (unpaired) electrons. The third-order valence-corrected chi connectivity index (χ3v) is 5.40. The van der Waals surface area contributed by atoms with Gasteiger partial charge in [-0.2, -0.15) is 12.7 Å². The first-order chi connectivity index (χ1) is 11.8. The molecular weight excluding hydrogens is 340 g/mol. The lowest BCUT2D eigenvalue weighted by atomic mass is 10.00. The topological polar surface area (TPSA) is 109 Å². The number of hydrogen-bond acceptors (Lipinski definition) is 4. The van der Waals surface area contributed by atoms with E-state index in [0.717, 1.165) is 26.4 Å². The molecule has 0 unspecified atom stereocenters. The Morgan fingerprint density at radius 3 is 2.44 bits per heavy atom.